The highest BCUT2D eigenvalue weighted by atomic mass is 16.5. The topological polar surface area (TPSA) is 60.2 Å². The molecule has 1 amide bonds. The Morgan fingerprint density at radius 3 is 2.60 bits per heavy atom. The van der Waals surface area contributed by atoms with Crippen molar-refractivity contribution in [2.24, 2.45) is 0 Å². The van der Waals surface area contributed by atoms with Crippen molar-refractivity contribution < 1.29 is 9.53 Å². The average Bonchev–Trinajstić information content (AvgIpc) is 3.13. The number of para-hydroxylation sites is 2. The van der Waals surface area contributed by atoms with Crippen molar-refractivity contribution >= 4 is 5.91 Å². The maximum atomic E-state index is 12.5. The monoisotopic (exact) mass is 336 g/mol. The zero-order valence-corrected chi connectivity index (χ0v) is 14.3. The third kappa shape index (κ3) is 4.03. The Kier molecular flexibility index (Phi) is 5.09. The number of aromatic nitrogens is 3. The van der Waals surface area contributed by atoms with Crippen LogP contribution in [0.2, 0.25) is 0 Å². The van der Waals surface area contributed by atoms with Gasteiger partial charge in [0.15, 0.2) is 5.69 Å². The fourth-order valence-corrected chi connectivity index (χ4v) is 2.38. The molecule has 0 saturated carbocycles. The number of rotatable bonds is 6. The van der Waals surface area contributed by atoms with Crippen LogP contribution in [0.1, 0.15) is 16.1 Å². The lowest BCUT2D eigenvalue weighted by molar-refractivity contribution is 0.0768. The molecule has 0 fully saturated rings. The molecule has 0 aliphatic carbocycles. The third-order valence-corrected chi connectivity index (χ3v) is 3.86. The lowest BCUT2D eigenvalue weighted by Crippen LogP contribution is -2.31. The van der Waals surface area contributed by atoms with Crippen LogP contribution >= 0.6 is 0 Å². The highest BCUT2D eigenvalue weighted by Crippen LogP contribution is 2.16. The Hall–Kier alpha value is -3.15. The zero-order chi connectivity index (χ0) is 17.6. The molecule has 6 heteroatoms. The van der Waals surface area contributed by atoms with Gasteiger partial charge in [0, 0.05) is 7.05 Å². The summed E-state index contributed by atoms with van der Waals surface area (Å²) in [6, 6.07) is 17.4. The predicted molar refractivity (Wildman–Crippen MR) is 95.0 cm³/mol. The molecule has 0 aliphatic heterocycles. The zero-order valence-electron chi connectivity index (χ0n) is 14.3. The molecule has 0 N–H and O–H groups in total. The standard InChI is InChI=1S/C19H20N4O2/c1-15-8-6-7-11-18(15)25-13-12-22(2)19(24)17-14-23(21-20-17)16-9-4-3-5-10-16/h3-11,14H,12-13H2,1-2H3. The molecule has 0 radical (unpaired) electrons. The van der Waals surface area contributed by atoms with Gasteiger partial charge in [-0.1, -0.05) is 41.6 Å². The number of carbonyl (C=O) groups excluding carboxylic acids is 1. The number of hydrogen-bond donors (Lipinski definition) is 0. The van der Waals surface area contributed by atoms with Crippen molar-refractivity contribution in [2.45, 2.75) is 6.92 Å². The summed E-state index contributed by atoms with van der Waals surface area (Å²) in [4.78, 5) is 14.0. The quantitative estimate of drug-likeness (QED) is 0.694. The van der Waals surface area contributed by atoms with Gasteiger partial charge in [0.25, 0.3) is 5.91 Å². The smallest absolute Gasteiger partial charge is 0.275 e. The number of ether oxygens (including phenoxy) is 1. The molecule has 6 nitrogen and oxygen atoms in total. The van der Waals surface area contributed by atoms with Crippen LogP contribution in [0.4, 0.5) is 0 Å². The fourth-order valence-electron chi connectivity index (χ4n) is 2.38. The molecule has 0 saturated heterocycles. The second-order valence-corrected chi connectivity index (χ2v) is 5.72. The van der Waals surface area contributed by atoms with Crippen molar-refractivity contribution in [1.82, 2.24) is 19.9 Å². The number of hydrogen-bond acceptors (Lipinski definition) is 4. The van der Waals surface area contributed by atoms with Crippen LogP contribution in [0, 0.1) is 6.92 Å². The lowest BCUT2D eigenvalue weighted by atomic mass is 10.2. The summed E-state index contributed by atoms with van der Waals surface area (Å²) >= 11 is 0. The van der Waals surface area contributed by atoms with E-state index in [0.717, 1.165) is 17.0 Å². The first kappa shape index (κ1) is 16.7. The Morgan fingerprint density at radius 2 is 1.84 bits per heavy atom. The Labute approximate surface area is 146 Å². The Bertz CT molecular complexity index is 845. The van der Waals surface area contributed by atoms with E-state index in [1.807, 2.05) is 61.5 Å². The molecule has 0 spiro atoms. The van der Waals surface area contributed by atoms with Gasteiger partial charge in [-0.2, -0.15) is 0 Å². The SMILES string of the molecule is Cc1ccccc1OCCN(C)C(=O)c1cn(-c2ccccc2)nn1. The minimum absolute atomic E-state index is 0.185. The molecule has 0 aliphatic rings. The molecular formula is C19H20N4O2. The van der Waals surface area contributed by atoms with E-state index < -0.39 is 0 Å². The van der Waals surface area contributed by atoms with Gasteiger partial charge in [-0.15, -0.1) is 5.10 Å². The number of aryl methyl sites for hydroxylation is 1. The minimum Gasteiger partial charge on any atom is -0.491 e. The second kappa shape index (κ2) is 7.61. The van der Waals surface area contributed by atoms with Gasteiger partial charge in [0.1, 0.15) is 12.4 Å². The van der Waals surface area contributed by atoms with Crippen LogP contribution in [0.3, 0.4) is 0 Å². The van der Waals surface area contributed by atoms with E-state index in [4.69, 9.17) is 4.74 Å². The summed E-state index contributed by atoms with van der Waals surface area (Å²) in [6.45, 7) is 2.87. The molecule has 1 heterocycles. The van der Waals surface area contributed by atoms with Crippen LogP contribution in [0.15, 0.2) is 60.8 Å². The number of nitrogens with zero attached hydrogens (tertiary/aromatic N) is 4. The highest BCUT2D eigenvalue weighted by Gasteiger charge is 2.16. The molecule has 1 aromatic heterocycles. The summed E-state index contributed by atoms with van der Waals surface area (Å²) < 4.78 is 7.32. The van der Waals surface area contributed by atoms with E-state index in [0.29, 0.717) is 18.8 Å². The van der Waals surface area contributed by atoms with E-state index in [1.54, 1.807) is 22.8 Å². The molecular weight excluding hydrogens is 316 g/mol. The van der Waals surface area contributed by atoms with Gasteiger partial charge >= 0.3 is 0 Å². The van der Waals surface area contributed by atoms with Crippen LogP contribution in [-0.4, -0.2) is 46.0 Å². The van der Waals surface area contributed by atoms with E-state index in [2.05, 4.69) is 10.3 Å². The number of carbonyl (C=O) groups is 1. The maximum absolute atomic E-state index is 12.5. The Morgan fingerprint density at radius 1 is 1.12 bits per heavy atom. The molecule has 3 aromatic rings. The van der Waals surface area contributed by atoms with Gasteiger partial charge in [0.05, 0.1) is 18.4 Å². The van der Waals surface area contributed by atoms with Gasteiger partial charge in [-0.05, 0) is 30.7 Å². The van der Waals surface area contributed by atoms with E-state index in [1.165, 1.54) is 0 Å². The van der Waals surface area contributed by atoms with Crippen molar-refractivity contribution in [1.29, 1.82) is 0 Å². The van der Waals surface area contributed by atoms with Crippen LogP contribution in [0.5, 0.6) is 5.75 Å². The highest BCUT2D eigenvalue weighted by molar-refractivity contribution is 5.91. The summed E-state index contributed by atoms with van der Waals surface area (Å²) in [6.07, 6.45) is 1.64. The third-order valence-electron chi connectivity index (χ3n) is 3.86. The van der Waals surface area contributed by atoms with Crippen LogP contribution in [-0.2, 0) is 0 Å². The van der Waals surface area contributed by atoms with Crippen LogP contribution in [0.25, 0.3) is 5.69 Å². The van der Waals surface area contributed by atoms with E-state index >= 15 is 0 Å². The summed E-state index contributed by atoms with van der Waals surface area (Å²) in [5, 5.41) is 7.99. The first-order chi connectivity index (χ1) is 12.1. The van der Waals surface area contributed by atoms with Crippen molar-refractivity contribution in [3.05, 3.63) is 72.1 Å². The molecule has 2 aromatic carbocycles. The molecule has 3 rings (SSSR count). The van der Waals surface area contributed by atoms with Gasteiger partial charge in [-0.25, -0.2) is 4.68 Å². The summed E-state index contributed by atoms with van der Waals surface area (Å²) in [7, 11) is 1.73. The molecule has 0 atom stereocenters. The second-order valence-electron chi connectivity index (χ2n) is 5.72. The first-order valence-electron chi connectivity index (χ1n) is 8.07. The largest absolute Gasteiger partial charge is 0.491 e. The van der Waals surface area contributed by atoms with E-state index in [-0.39, 0.29) is 5.91 Å². The summed E-state index contributed by atoms with van der Waals surface area (Å²) in [5.74, 6) is 0.647. The van der Waals surface area contributed by atoms with Crippen molar-refractivity contribution in [2.75, 3.05) is 20.2 Å². The normalized spacial score (nSPS) is 10.5. The molecule has 0 unspecified atom stereocenters. The number of likely N-dealkylation sites (N-methyl/N-ethyl adjacent to an activating group) is 1. The first-order valence-corrected chi connectivity index (χ1v) is 8.07. The van der Waals surface area contributed by atoms with Crippen LogP contribution < -0.4 is 4.74 Å². The molecule has 128 valence electrons. The van der Waals surface area contributed by atoms with Crippen molar-refractivity contribution in [3.8, 4) is 11.4 Å². The Balaban J connectivity index is 1.57. The van der Waals surface area contributed by atoms with Gasteiger partial charge in [0.2, 0.25) is 0 Å². The molecule has 25 heavy (non-hydrogen) atoms. The fraction of sp³-hybridized carbons (Fsp3) is 0.211. The minimum atomic E-state index is -0.185. The maximum Gasteiger partial charge on any atom is 0.275 e. The van der Waals surface area contributed by atoms with E-state index in [9.17, 15) is 4.79 Å². The lowest BCUT2D eigenvalue weighted by Gasteiger charge is -2.16. The van der Waals surface area contributed by atoms with Gasteiger partial charge in [-0.3, -0.25) is 4.79 Å². The number of benzene rings is 2. The van der Waals surface area contributed by atoms with Gasteiger partial charge < -0.3 is 9.64 Å². The predicted octanol–water partition coefficient (Wildman–Crippen LogP) is 2.73. The van der Waals surface area contributed by atoms with Crippen molar-refractivity contribution in [3.63, 3.8) is 0 Å². The average molecular weight is 336 g/mol. The number of amides is 1. The summed E-state index contributed by atoms with van der Waals surface area (Å²) in [5.41, 5.74) is 2.24. The molecule has 0 bridgehead atoms.